The van der Waals surface area contributed by atoms with Gasteiger partial charge in [0.25, 0.3) is 5.91 Å². The number of benzene rings is 2. The lowest BCUT2D eigenvalue weighted by Gasteiger charge is -2.10. The maximum Gasteiger partial charge on any atom is 0.255 e. The van der Waals surface area contributed by atoms with E-state index in [2.05, 4.69) is 15.6 Å². The molecule has 0 aliphatic heterocycles. The number of rotatable bonds is 4. The number of carbonyl (C=O) groups is 1. The largest absolute Gasteiger partial charge is 0.340 e. The fourth-order valence-electron chi connectivity index (χ4n) is 2.31. The Balaban J connectivity index is 1.81. The van der Waals surface area contributed by atoms with Crippen molar-refractivity contribution in [1.29, 1.82) is 0 Å². The summed E-state index contributed by atoms with van der Waals surface area (Å²) in [7, 11) is 0. The van der Waals surface area contributed by atoms with E-state index in [4.69, 9.17) is 0 Å². The van der Waals surface area contributed by atoms with Gasteiger partial charge < -0.3 is 10.6 Å². The van der Waals surface area contributed by atoms with Crippen molar-refractivity contribution in [2.24, 2.45) is 0 Å². The van der Waals surface area contributed by atoms with Gasteiger partial charge in [-0.05, 0) is 42.8 Å². The Bertz CT molecular complexity index is 976. The Morgan fingerprint density at radius 1 is 0.962 bits per heavy atom. The lowest BCUT2D eigenvalue weighted by molar-refractivity contribution is 0.102. The molecule has 0 saturated heterocycles. The van der Waals surface area contributed by atoms with Gasteiger partial charge in [-0.25, -0.2) is 18.2 Å². The van der Waals surface area contributed by atoms with Crippen LogP contribution >= 0.6 is 0 Å². The summed E-state index contributed by atoms with van der Waals surface area (Å²) in [6.45, 7) is 1.92. The summed E-state index contributed by atoms with van der Waals surface area (Å²) >= 11 is 0. The molecule has 26 heavy (non-hydrogen) atoms. The Morgan fingerprint density at radius 2 is 1.73 bits per heavy atom. The van der Waals surface area contributed by atoms with Gasteiger partial charge in [-0.15, -0.1) is 0 Å². The number of hydrogen-bond acceptors (Lipinski definition) is 3. The third-order valence-electron chi connectivity index (χ3n) is 3.71. The second kappa shape index (κ2) is 7.26. The van der Waals surface area contributed by atoms with Crippen LogP contribution in [0.25, 0.3) is 0 Å². The van der Waals surface area contributed by atoms with Crippen molar-refractivity contribution in [2.75, 3.05) is 10.6 Å². The van der Waals surface area contributed by atoms with Crippen LogP contribution in [0.15, 0.2) is 54.7 Å². The zero-order valence-electron chi connectivity index (χ0n) is 13.7. The van der Waals surface area contributed by atoms with Crippen molar-refractivity contribution in [2.45, 2.75) is 6.92 Å². The number of hydrogen-bond donors (Lipinski definition) is 2. The first-order valence-corrected chi connectivity index (χ1v) is 7.69. The monoisotopic (exact) mass is 357 g/mol. The van der Waals surface area contributed by atoms with Crippen molar-refractivity contribution in [3.8, 4) is 0 Å². The van der Waals surface area contributed by atoms with E-state index >= 15 is 0 Å². The van der Waals surface area contributed by atoms with Gasteiger partial charge in [0.1, 0.15) is 5.82 Å². The standard InChI is InChI=1S/C19H14F3N3O/c1-11-4-2-3-5-14(11)24-16-10-12(8-9-23-16)19(26)25-15-7-6-13(20)17(21)18(15)22/h2-10H,1H3,(H,23,24)(H,25,26). The molecule has 132 valence electrons. The number of carbonyl (C=O) groups excluding carboxylic acids is 1. The van der Waals surface area contributed by atoms with E-state index in [1.807, 2.05) is 31.2 Å². The first-order chi connectivity index (χ1) is 12.5. The van der Waals surface area contributed by atoms with Crippen molar-refractivity contribution in [1.82, 2.24) is 4.98 Å². The van der Waals surface area contributed by atoms with Gasteiger partial charge in [0.15, 0.2) is 17.5 Å². The Labute approximate surface area is 147 Å². The summed E-state index contributed by atoms with van der Waals surface area (Å²) in [5.74, 6) is -4.68. The zero-order chi connectivity index (χ0) is 18.7. The van der Waals surface area contributed by atoms with E-state index in [0.29, 0.717) is 5.82 Å². The second-order valence-corrected chi connectivity index (χ2v) is 5.55. The molecule has 0 atom stereocenters. The van der Waals surface area contributed by atoms with E-state index in [1.165, 1.54) is 18.3 Å². The molecule has 2 N–H and O–H groups in total. The molecule has 1 heterocycles. The van der Waals surface area contributed by atoms with Crippen molar-refractivity contribution >= 4 is 23.1 Å². The van der Waals surface area contributed by atoms with Crippen LogP contribution in [0.4, 0.5) is 30.4 Å². The topological polar surface area (TPSA) is 54.0 Å². The summed E-state index contributed by atoms with van der Waals surface area (Å²) in [5.41, 5.74) is 1.55. The lowest BCUT2D eigenvalue weighted by atomic mass is 10.2. The van der Waals surface area contributed by atoms with Crippen LogP contribution in [0.3, 0.4) is 0 Å². The highest BCUT2D eigenvalue weighted by Gasteiger charge is 2.16. The molecule has 0 aliphatic carbocycles. The van der Waals surface area contributed by atoms with Crippen LogP contribution in [0.5, 0.6) is 0 Å². The summed E-state index contributed by atoms with van der Waals surface area (Å²) in [4.78, 5) is 16.4. The summed E-state index contributed by atoms with van der Waals surface area (Å²) in [5, 5.41) is 5.31. The van der Waals surface area contributed by atoms with Crippen LogP contribution in [-0.4, -0.2) is 10.9 Å². The lowest BCUT2D eigenvalue weighted by Crippen LogP contribution is -2.14. The molecule has 0 unspecified atom stereocenters. The van der Waals surface area contributed by atoms with E-state index in [9.17, 15) is 18.0 Å². The molecule has 1 amide bonds. The first-order valence-electron chi connectivity index (χ1n) is 7.69. The molecule has 2 aromatic carbocycles. The first kappa shape index (κ1) is 17.5. The number of nitrogens with zero attached hydrogens (tertiary/aromatic N) is 1. The van der Waals surface area contributed by atoms with Gasteiger partial charge in [-0.3, -0.25) is 4.79 Å². The van der Waals surface area contributed by atoms with Gasteiger partial charge in [-0.1, -0.05) is 18.2 Å². The number of para-hydroxylation sites is 1. The Kier molecular flexibility index (Phi) is 4.88. The molecule has 7 heteroatoms. The zero-order valence-corrected chi connectivity index (χ0v) is 13.7. The molecule has 0 spiro atoms. The van der Waals surface area contributed by atoms with E-state index in [1.54, 1.807) is 0 Å². The number of halogens is 3. The SMILES string of the molecule is Cc1ccccc1Nc1cc(C(=O)Nc2ccc(F)c(F)c2F)ccn1. The van der Waals surface area contributed by atoms with Crippen LogP contribution < -0.4 is 10.6 Å². The molecule has 1 aromatic heterocycles. The van der Waals surface area contributed by atoms with Crippen molar-refractivity contribution in [3.05, 3.63) is 83.3 Å². The minimum absolute atomic E-state index is 0.181. The van der Waals surface area contributed by atoms with Gasteiger partial charge in [0.2, 0.25) is 0 Å². The molecular formula is C19H14F3N3O. The molecule has 0 saturated carbocycles. The summed E-state index contributed by atoms with van der Waals surface area (Å²) < 4.78 is 39.9. The number of anilines is 3. The third-order valence-corrected chi connectivity index (χ3v) is 3.71. The summed E-state index contributed by atoms with van der Waals surface area (Å²) in [6, 6.07) is 12.1. The minimum atomic E-state index is -1.64. The van der Waals surface area contributed by atoms with Crippen molar-refractivity contribution < 1.29 is 18.0 Å². The molecule has 4 nitrogen and oxygen atoms in total. The van der Waals surface area contributed by atoms with Crippen LogP contribution in [0.2, 0.25) is 0 Å². The average molecular weight is 357 g/mol. The predicted octanol–water partition coefficient (Wildman–Crippen LogP) is 4.80. The van der Waals surface area contributed by atoms with Gasteiger partial charge >= 0.3 is 0 Å². The van der Waals surface area contributed by atoms with Crippen LogP contribution in [-0.2, 0) is 0 Å². The molecule has 0 fully saturated rings. The van der Waals surface area contributed by atoms with Gasteiger partial charge in [0.05, 0.1) is 5.69 Å². The summed E-state index contributed by atoms with van der Waals surface area (Å²) in [6.07, 6.45) is 1.41. The quantitative estimate of drug-likeness (QED) is 0.659. The highest BCUT2D eigenvalue weighted by atomic mass is 19.2. The Morgan fingerprint density at radius 3 is 2.50 bits per heavy atom. The molecule has 3 rings (SSSR count). The van der Waals surface area contributed by atoms with E-state index in [-0.39, 0.29) is 5.56 Å². The smallest absolute Gasteiger partial charge is 0.255 e. The van der Waals surface area contributed by atoms with Gasteiger partial charge in [-0.2, -0.15) is 0 Å². The number of amides is 1. The molecule has 3 aromatic rings. The number of aryl methyl sites for hydroxylation is 1. The maximum atomic E-state index is 13.7. The fraction of sp³-hybridized carbons (Fsp3) is 0.0526. The third kappa shape index (κ3) is 3.66. The average Bonchev–Trinajstić information content (AvgIpc) is 2.64. The molecule has 0 radical (unpaired) electrons. The fourth-order valence-corrected chi connectivity index (χ4v) is 2.31. The maximum absolute atomic E-state index is 13.7. The normalized spacial score (nSPS) is 10.5. The molecular weight excluding hydrogens is 343 g/mol. The van der Waals surface area contributed by atoms with Crippen LogP contribution in [0.1, 0.15) is 15.9 Å². The number of pyridine rings is 1. The second-order valence-electron chi connectivity index (χ2n) is 5.55. The van der Waals surface area contributed by atoms with Crippen molar-refractivity contribution in [3.63, 3.8) is 0 Å². The number of aromatic nitrogens is 1. The molecule has 0 aliphatic rings. The van der Waals surface area contributed by atoms with E-state index in [0.717, 1.165) is 23.4 Å². The Hall–Kier alpha value is -3.35. The number of nitrogens with one attached hydrogen (secondary N) is 2. The van der Waals surface area contributed by atoms with Gasteiger partial charge in [0, 0.05) is 17.4 Å². The van der Waals surface area contributed by atoms with Crippen LogP contribution in [0, 0.1) is 24.4 Å². The predicted molar refractivity (Wildman–Crippen MR) is 93.0 cm³/mol. The van der Waals surface area contributed by atoms with E-state index < -0.39 is 29.0 Å². The molecule has 0 bridgehead atoms. The highest BCUT2D eigenvalue weighted by Crippen LogP contribution is 2.22. The highest BCUT2D eigenvalue weighted by molar-refractivity contribution is 6.04. The minimum Gasteiger partial charge on any atom is -0.340 e.